The highest BCUT2D eigenvalue weighted by molar-refractivity contribution is 6.22. The number of nitrogens with zero attached hydrogens (tertiary/aromatic N) is 4. The van der Waals surface area contributed by atoms with Crippen molar-refractivity contribution in [2.75, 3.05) is 0 Å². The van der Waals surface area contributed by atoms with Crippen LogP contribution in [0.5, 0.6) is 0 Å². The summed E-state index contributed by atoms with van der Waals surface area (Å²) in [5.74, 6) is -1.58. The SMILES string of the molecule is NC(=O)/C(=C/n1nc(-c2ccc(C(F)(F)F)cc2)nc1-c1ccc(C(F)(F)F)cc1)c1ccnc(C(F)(F)F)c1. The van der Waals surface area contributed by atoms with Gasteiger partial charge in [-0.05, 0) is 42.0 Å². The van der Waals surface area contributed by atoms with Gasteiger partial charge in [0.05, 0.1) is 16.7 Å². The van der Waals surface area contributed by atoms with Crippen LogP contribution in [0.2, 0.25) is 0 Å². The van der Waals surface area contributed by atoms with Gasteiger partial charge in [-0.3, -0.25) is 9.78 Å². The summed E-state index contributed by atoms with van der Waals surface area (Å²) in [5, 5.41) is 4.12. The van der Waals surface area contributed by atoms with Crippen molar-refractivity contribution in [1.29, 1.82) is 0 Å². The molecule has 208 valence electrons. The van der Waals surface area contributed by atoms with Crippen LogP contribution >= 0.6 is 0 Å². The van der Waals surface area contributed by atoms with Gasteiger partial charge in [-0.15, -0.1) is 5.10 Å². The average molecular weight is 571 g/mol. The summed E-state index contributed by atoms with van der Waals surface area (Å²) in [6.07, 6.45) is -12.4. The number of alkyl halides is 9. The van der Waals surface area contributed by atoms with Crippen LogP contribution in [-0.4, -0.2) is 25.7 Å². The zero-order valence-electron chi connectivity index (χ0n) is 19.6. The van der Waals surface area contributed by atoms with Crippen molar-refractivity contribution in [1.82, 2.24) is 19.7 Å². The van der Waals surface area contributed by atoms with E-state index in [9.17, 15) is 44.3 Å². The summed E-state index contributed by atoms with van der Waals surface area (Å²) in [5.41, 5.74) is 1.42. The Labute approximate surface area is 218 Å². The van der Waals surface area contributed by atoms with Crippen LogP contribution in [0.3, 0.4) is 0 Å². The van der Waals surface area contributed by atoms with Gasteiger partial charge in [0, 0.05) is 23.5 Å². The number of nitrogens with two attached hydrogens (primary N) is 1. The maximum atomic E-state index is 13.2. The molecule has 0 aliphatic carbocycles. The third-order valence-electron chi connectivity index (χ3n) is 5.45. The van der Waals surface area contributed by atoms with Crippen LogP contribution < -0.4 is 5.73 Å². The lowest BCUT2D eigenvalue weighted by Gasteiger charge is -2.10. The third-order valence-corrected chi connectivity index (χ3v) is 5.45. The Morgan fingerprint density at radius 1 is 0.750 bits per heavy atom. The Morgan fingerprint density at radius 3 is 1.75 bits per heavy atom. The largest absolute Gasteiger partial charge is 0.433 e. The number of halogens is 9. The number of carbonyl (C=O) groups is 1. The van der Waals surface area contributed by atoms with Gasteiger partial charge in [0.1, 0.15) is 5.69 Å². The molecule has 0 bridgehead atoms. The first-order valence-electron chi connectivity index (χ1n) is 10.9. The van der Waals surface area contributed by atoms with E-state index in [4.69, 9.17) is 5.73 Å². The highest BCUT2D eigenvalue weighted by Crippen LogP contribution is 2.34. The minimum absolute atomic E-state index is 0.0319. The van der Waals surface area contributed by atoms with E-state index in [0.29, 0.717) is 6.07 Å². The van der Waals surface area contributed by atoms with Gasteiger partial charge in [-0.25, -0.2) is 9.67 Å². The molecule has 0 unspecified atom stereocenters. The molecular formula is C25H14F9N5O. The molecule has 0 saturated carbocycles. The van der Waals surface area contributed by atoms with E-state index in [2.05, 4.69) is 15.1 Å². The summed E-state index contributed by atoms with van der Waals surface area (Å²) in [6, 6.07) is 8.79. The first kappa shape index (κ1) is 28.3. The molecule has 0 saturated heterocycles. The van der Waals surface area contributed by atoms with E-state index in [-0.39, 0.29) is 28.3 Å². The van der Waals surface area contributed by atoms with Crippen molar-refractivity contribution in [3.8, 4) is 22.8 Å². The van der Waals surface area contributed by atoms with Crippen molar-refractivity contribution >= 4 is 17.7 Å². The summed E-state index contributed by atoms with van der Waals surface area (Å²) < 4.78 is 118. The monoisotopic (exact) mass is 571 g/mol. The summed E-state index contributed by atoms with van der Waals surface area (Å²) in [7, 11) is 0. The number of pyridine rings is 1. The van der Waals surface area contributed by atoms with E-state index in [1.54, 1.807) is 0 Å². The predicted octanol–water partition coefficient (Wildman–Crippen LogP) is 6.55. The number of benzene rings is 2. The van der Waals surface area contributed by atoms with Gasteiger partial charge in [-0.1, -0.05) is 24.3 Å². The second-order valence-corrected chi connectivity index (χ2v) is 8.19. The Kier molecular flexibility index (Phi) is 7.17. The van der Waals surface area contributed by atoms with Crippen molar-refractivity contribution in [3.63, 3.8) is 0 Å². The molecule has 0 aliphatic heterocycles. The van der Waals surface area contributed by atoms with Gasteiger partial charge in [0.25, 0.3) is 5.91 Å². The van der Waals surface area contributed by atoms with Crippen molar-refractivity contribution in [2.45, 2.75) is 18.5 Å². The molecule has 1 amide bonds. The van der Waals surface area contributed by atoms with Crippen molar-refractivity contribution in [2.24, 2.45) is 5.73 Å². The summed E-state index contributed by atoms with van der Waals surface area (Å²) in [6.45, 7) is 0. The van der Waals surface area contributed by atoms with Crippen LogP contribution in [0.15, 0.2) is 66.9 Å². The normalized spacial score (nSPS) is 13.0. The maximum Gasteiger partial charge on any atom is 0.433 e. The van der Waals surface area contributed by atoms with Gasteiger partial charge < -0.3 is 5.73 Å². The van der Waals surface area contributed by atoms with E-state index in [0.717, 1.165) is 71.7 Å². The summed E-state index contributed by atoms with van der Waals surface area (Å²) in [4.78, 5) is 19.6. The van der Waals surface area contributed by atoms with Crippen LogP contribution in [0.1, 0.15) is 22.4 Å². The molecule has 0 atom stereocenters. The molecule has 0 spiro atoms. The lowest BCUT2D eigenvalue weighted by Crippen LogP contribution is -2.15. The van der Waals surface area contributed by atoms with Gasteiger partial charge >= 0.3 is 18.5 Å². The van der Waals surface area contributed by atoms with Crippen LogP contribution in [0.25, 0.3) is 34.5 Å². The number of carbonyl (C=O) groups excluding carboxylic acids is 1. The molecule has 4 rings (SSSR count). The first-order chi connectivity index (χ1) is 18.5. The molecule has 2 aromatic heterocycles. The van der Waals surface area contributed by atoms with Crippen LogP contribution in [0.4, 0.5) is 39.5 Å². The molecule has 0 fully saturated rings. The Balaban J connectivity index is 1.88. The lowest BCUT2D eigenvalue weighted by molar-refractivity contribution is -0.141. The highest BCUT2D eigenvalue weighted by atomic mass is 19.4. The lowest BCUT2D eigenvalue weighted by atomic mass is 10.1. The second-order valence-electron chi connectivity index (χ2n) is 8.19. The quantitative estimate of drug-likeness (QED) is 0.218. The maximum absolute atomic E-state index is 13.2. The van der Waals surface area contributed by atoms with E-state index < -0.39 is 46.8 Å². The van der Waals surface area contributed by atoms with E-state index in [1.165, 1.54) is 0 Å². The molecule has 2 aromatic carbocycles. The van der Waals surface area contributed by atoms with Crippen molar-refractivity contribution < 1.29 is 44.3 Å². The van der Waals surface area contributed by atoms with Crippen molar-refractivity contribution in [3.05, 3.63) is 89.2 Å². The smallest absolute Gasteiger partial charge is 0.366 e. The van der Waals surface area contributed by atoms with Gasteiger partial charge in [-0.2, -0.15) is 39.5 Å². The molecule has 0 aliphatic rings. The molecule has 2 heterocycles. The third kappa shape index (κ3) is 6.13. The molecule has 4 aromatic rings. The summed E-state index contributed by atoms with van der Waals surface area (Å²) >= 11 is 0. The fourth-order valence-electron chi connectivity index (χ4n) is 3.50. The van der Waals surface area contributed by atoms with Gasteiger partial charge in [0.15, 0.2) is 11.6 Å². The number of amides is 1. The zero-order chi connectivity index (χ0) is 29.5. The van der Waals surface area contributed by atoms with E-state index in [1.807, 2.05) is 0 Å². The number of rotatable bonds is 5. The fourth-order valence-corrected chi connectivity index (χ4v) is 3.50. The second kappa shape index (κ2) is 10.1. The average Bonchev–Trinajstić information content (AvgIpc) is 3.30. The Hall–Kier alpha value is -4.69. The molecule has 0 radical (unpaired) electrons. The minimum atomic E-state index is -4.85. The molecule has 40 heavy (non-hydrogen) atoms. The number of hydrogen-bond acceptors (Lipinski definition) is 4. The molecule has 6 nitrogen and oxygen atoms in total. The number of hydrogen-bond donors (Lipinski definition) is 1. The number of primary amides is 1. The van der Waals surface area contributed by atoms with Crippen LogP contribution in [-0.2, 0) is 23.3 Å². The zero-order valence-corrected chi connectivity index (χ0v) is 19.6. The standard InChI is InChI=1S/C25H14F9N5O/c26-23(27,28)16-5-1-13(2-6-16)21-37-22(14-3-7-17(8-4-14)24(29,30)31)39(38-21)12-18(20(35)40)15-9-10-36-19(11-15)25(32,33)34/h1-12H,(H2,35,40)/b18-12+. The minimum Gasteiger partial charge on any atom is -0.366 e. The van der Waals surface area contributed by atoms with Gasteiger partial charge in [0.2, 0.25) is 0 Å². The Bertz CT molecular complexity index is 1570. The van der Waals surface area contributed by atoms with Crippen LogP contribution in [0, 0.1) is 0 Å². The topological polar surface area (TPSA) is 86.7 Å². The fraction of sp³-hybridized carbons (Fsp3) is 0.120. The molecule has 15 heteroatoms. The van der Waals surface area contributed by atoms with E-state index >= 15 is 0 Å². The Morgan fingerprint density at radius 2 is 1.27 bits per heavy atom. The predicted molar refractivity (Wildman–Crippen MR) is 123 cm³/mol. The first-order valence-corrected chi connectivity index (χ1v) is 10.9. The molecule has 2 N–H and O–H groups in total. The molecular weight excluding hydrogens is 557 g/mol. The highest BCUT2D eigenvalue weighted by Gasteiger charge is 2.33. The number of aromatic nitrogens is 4.